The summed E-state index contributed by atoms with van der Waals surface area (Å²) in [6, 6.07) is 5.18. The van der Waals surface area contributed by atoms with Gasteiger partial charge in [0.05, 0.1) is 12.8 Å². The van der Waals surface area contributed by atoms with Gasteiger partial charge in [-0.15, -0.1) is 0 Å². The van der Waals surface area contributed by atoms with Gasteiger partial charge in [0.1, 0.15) is 0 Å². The summed E-state index contributed by atoms with van der Waals surface area (Å²) in [4.78, 5) is 0. The van der Waals surface area contributed by atoms with E-state index in [1.54, 1.807) is 23.1 Å². The highest BCUT2D eigenvalue weighted by Crippen LogP contribution is 2.33. The molecule has 0 unspecified atom stereocenters. The third-order valence-corrected chi connectivity index (χ3v) is 3.65. The van der Waals surface area contributed by atoms with Gasteiger partial charge >= 0.3 is 0 Å². The maximum absolute atomic E-state index is 13.9. The van der Waals surface area contributed by atoms with Crippen LogP contribution in [-0.2, 0) is 6.54 Å². The van der Waals surface area contributed by atoms with Gasteiger partial charge in [0.2, 0.25) is 0 Å². The molecule has 110 valence electrons. The van der Waals surface area contributed by atoms with Crippen molar-refractivity contribution in [3.63, 3.8) is 0 Å². The van der Waals surface area contributed by atoms with E-state index in [2.05, 4.69) is 17.0 Å². The zero-order chi connectivity index (χ0) is 14.7. The molecule has 1 aromatic carbocycles. The van der Waals surface area contributed by atoms with Crippen LogP contribution in [0.4, 0.5) is 4.39 Å². The Bertz CT molecular complexity index is 638. The second-order valence-electron chi connectivity index (χ2n) is 5.09. The molecule has 0 saturated carbocycles. The molecule has 0 spiro atoms. The summed E-state index contributed by atoms with van der Waals surface area (Å²) in [7, 11) is 0. The number of benzene rings is 1. The third kappa shape index (κ3) is 2.97. The van der Waals surface area contributed by atoms with Crippen LogP contribution in [0.25, 0.3) is 6.20 Å². The molecule has 0 fully saturated rings. The van der Waals surface area contributed by atoms with Gasteiger partial charge in [-0.05, 0) is 18.9 Å². The van der Waals surface area contributed by atoms with Gasteiger partial charge in [-0.2, -0.15) is 5.10 Å². The zero-order valence-corrected chi connectivity index (χ0v) is 11.8. The number of hydrogen-bond donors (Lipinski definition) is 1. The number of rotatable bonds is 4. The van der Waals surface area contributed by atoms with Gasteiger partial charge in [0, 0.05) is 36.1 Å². The van der Waals surface area contributed by atoms with Crippen LogP contribution in [0.1, 0.15) is 30.0 Å². The minimum atomic E-state index is -0.291. The fourth-order valence-electron chi connectivity index (χ4n) is 2.59. The maximum atomic E-state index is 13.9. The number of fused-ring (bicyclic) bond motifs is 1. The Morgan fingerprint density at radius 2 is 2.43 bits per heavy atom. The van der Waals surface area contributed by atoms with Crippen molar-refractivity contribution >= 4 is 6.20 Å². The van der Waals surface area contributed by atoms with E-state index in [1.165, 1.54) is 6.07 Å². The van der Waals surface area contributed by atoms with Gasteiger partial charge in [-0.3, -0.25) is 0 Å². The fourth-order valence-corrected chi connectivity index (χ4v) is 2.59. The van der Waals surface area contributed by atoms with Crippen molar-refractivity contribution in [3.8, 4) is 5.75 Å². The van der Waals surface area contributed by atoms with Crippen LogP contribution in [0, 0.1) is 5.82 Å². The van der Waals surface area contributed by atoms with E-state index in [-0.39, 0.29) is 11.9 Å². The number of nitrogens with one attached hydrogen (secondary N) is 1. The van der Waals surface area contributed by atoms with Crippen LogP contribution in [-0.4, -0.2) is 16.4 Å². The van der Waals surface area contributed by atoms with Crippen LogP contribution in [0.3, 0.4) is 0 Å². The largest absolute Gasteiger partial charge is 0.490 e. The molecule has 21 heavy (non-hydrogen) atoms. The summed E-state index contributed by atoms with van der Waals surface area (Å²) in [5.41, 5.74) is 1.96. The lowest BCUT2D eigenvalue weighted by molar-refractivity contribution is 0.300. The highest BCUT2D eigenvalue weighted by Gasteiger charge is 2.21. The topological polar surface area (TPSA) is 39.1 Å². The fraction of sp³-hybridized carbons (Fsp3) is 0.312. The first-order valence-electron chi connectivity index (χ1n) is 7.08. The monoisotopic (exact) mass is 287 g/mol. The zero-order valence-electron chi connectivity index (χ0n) is 11.8. The van der Waals surface area contributed by atoms with E-state index >= 15 is 0 Å². The normalized spacial score (nSPS) is 17.7. The lowest BCUT2D eigenvalue weighted by atomic mass is 10.0. The van der Waals surface area contributed by atoms with Crippen molar-refractivity contribution in [1.29, 1.82) is 0 Å². The van der Waals surface area contributed by atoms with Crippen LogP contribution in [0.15, 0.2) is 37.2 Å². The predicted octanol–water partition coefficient (Wildman–Crippen LogP) is 3.13. The Labute approximate surface area is 123 Å². The Balaban J connectivity index is 1.76. The number of halogens is 1. The molecule has 0 aliphatic carbocycles. The van der Waals surface area contributed by atoms with Crippen LogP contribution < -0.4 is 10.1 Å². The summed E-state index contributed by atoms with van der Waals surface area (Å²) in [6.45, 7) is 4.90. The molecule has 0 amide bonds. The average molecular weight is 287 g/mol. The minimum Gasteiger partial charge on any atom is -0.490 e. The van der Waals surface area contributed by atoms with Gasteiger partial charge < -0.3 is 10.1 Å². The molecule has 0 radical (unpaired) electrons. The Morgan fingerprint density at radius 3 is 3.24 bits per heavy atom. The van der Waals surface area contributed by atoms with E-state index in [4.69, 9.17) is 4.74 Å². The number of nitrogens with zero attached hydrogens (tertiary/aromatic N) is 2. The molecular weight excluding hydrogens is 269 g/mol. The standard InChI is InChI=1S/C16H18FN3O/c1-2-20-11-12(10-19-20)9-18-15-7-4-8-21-16-13(15)5-3-6-14(16)17/h2-3,5-6,10-11,15,18H,1,4,7-9H2/t15-/m1/s1. The van der Waals surface area contributed by atoms with Gasteiger partial charge in [0.25, 0.3) is 0 Å². The number of ether oxygens (including phenoxy) is 1. The lowest BCUT2D eigenvalue weighted by Crippen LogP contribution is -2.20. The number of hydrogen-bond acceptors (Lipinski definition) is 3. The number of para-hydroxylation sites is 1. The minimum absolute atomic E-state index is 0.0882. The van der Waals surface area contributed by atoms with Crippen LogP contribution in [0.2, 0.25) is 0 Å². The molecule has 4 nitrogen and oxygen atoms in total. The molecular formula is C16H18FN3O. The summed E-state index contributed by atoms with van der Waals surface area (Å²) in [5, 5.41) is 7.61. The Morgan fingerprint density at radius 1 is 1.52 bits per heavy atom. The van der Waals surface area contributed by atoms with Crippen LogP contribution >= 0.6 is 0 Å². The number of aromatic nitrogens is 2. The predicted molar refractivity (Wildman–Crippen MR) is 79.3 cm³/mol. The summed E-state index contributed by atoms with van der Waals surface area (Å²) < 4.78 is 21.1. The molecule has 1 N–H and O–H groups in total. The first-order valence-corrected chi connectivity index (χ1v) is 7.08. The molecule has 0 bridgehead atoms. The smallest absolute Gasteiger partial charge is 0.165 e. The lowest BCUT2D eigenvalue weighted by Gasteiger charge is -2.18. The van der Waals surface area contributed by atoms with Crippen molar-refractivity contribution in [3.05, 3.63) is 54.1 Å². The quantitative estimate of drug-likeness (QED) is 0.939. The van der Waals surface area contributed by atoms with Crippen molar-refractivity contribution in [2.75, 3.05) is 6.61 Å². The molecule has 1 atom stereocenters. The van der Waals surface area contributed by atoms with E-state index in [1.807, 2.05) is 12.3 Å². The van der Waals surface area contributed by atoms with E-state index < -0.39 is 0 Å². The second kappa shape index (κ2) is 6.10. The van der Waals surface area contributed by atoms with Crippen molar-refractivity contribution in [2.24, 2.45) is 0 Å². The SMILES string of the molecule is C=Cn1cc(CN[C@@H]2CCCOc3c(F)cccc32)cn1. The first-order chi connectivity index (χ1) is 10.3. The Hall–Kier alpha value is -2.14. The molecule has 1 aromatic heterocycles. The average Bonchev–Trinajstić information content (AvgIpc) is 2.86. The molecule has 2 aromatic rings. The van der Waals surface area contributed by atoms with Crippen molar-refractivity contribution < 1.29 is 9.13 Å². The van der Waals surface area contributed by atoms with Crippen molar-refractivity contribution in [2.45, 2.75) is 25.4 Å². The molecule has 5 heteroatoms. The van der Waals surface area contributed by atoms with Gasteiger partial charge in [0.15, 0.2) is 11.6 Å². The second-order valence-corrected chi connectivity index (χ2v) is 5.09. The van der Waals surface area contributed by atoms with E-state index in [0.29, 0.717) is 18.9 Å². The summed E-state index contributed by atoms with van der Waals surface area (Å²) in [5.74, 6) is 0.0926. The maximum Gasteiger partial charge on any atom is 0.165 e. The molecule has 2 heterocycles. The first kappa shape index (κ1) is 13.8. The molecule has 0 saturated heterocycles. The van der Waals surface area contributed by atoms with Gasteiger partial charge in [-0.25, -0.2) is 9.07 Å². The highest BCUT2D eigenvalue weighted by atomic mass is 19.1. The summed E-state index contributed by atoms with van der Waals surface area (Å²) in [6.07, 6.45) is 7.19. The van der Waals surface area contributed by atoms with E-state index in [0.717, 1.165) is 24.0 Å². The van der Waals surface area contributed by atoms with Crippen LogP contribution in [0.5, 0.6) is 5.75 Å². The Kier molecular flexibility index (Phi) is 4.01. The molecule has 1 aliphatic rings. The summed E-state index contributed by atoms with van der Waals surface area (Å²) >= 11 is 0. The molecule has 1 aliphatic heterocycles. The van der Waals surface area contributed by atoms with Crippen molar-refractivity contribution in [1.82, 2.24) is 15.1 Å². The third-order valence-electron chi connectivity index (χ3n) is 3.65. The molecule has 3 rings (SSSR count). The highest BCUT2D eigenvalue weighted by molar-refractivity contribution is 5.38. The van der Waals surface area contributed by atoms with Gasteiger partial charge in [-0.1, -0.05) is 18.7 Å². The van der Waals surface area contributed by atoms with E-state index in [9.17, 15) is 4.39 Å².